The number of halogens is 1. The number of carbonyl (C=O) groups is 1. The number of hydrogen-bond acceptors (Lipinski definition) is 2. The zero-order chi connectivity index (χ0) is 11.4. The first-order chi connectivity index (χ1) is 7.02. The van der Waals surface area contributed by atoms with E-state index in [1.165, 1.54) is 24.9 Å². The maximum Gasteiger partial charge on any atom is 0.251 e. The van der Waals surface area contributed by atoms with Crippen LogP contribution in [0.5, 0.6) is 0 Å². The average Bonchev–Trinajstić information content (AvgIpc) is 2.20. The number of rotatable bonds is 3. The summed E-state index contributed by atoms with van der Waals surface area (Å²) in [5.74, 6) is -0.763. The van der Waals surface area contributed by atoms with Crippen LogP contribution in [0.3, 0.4) is 0 Å². The Morgan fingerprint density at radius 2 is 2.13 bits per heavy atom. The van der Waals surface area contributed by atoms with Gasteiger partial charge in [0, 0.05) is 19.2 Å². The van der Waals surface area contributed by atoms with Crippen LogP contribution in [0.15, 0.2) is 24.3 Å². The third-order valence-electron chi connectivity index (χ3n) is 2.10. The predicted octanol–water partition coefficient (Wildman–Crippen LogP) is 1.16. The second kappa shape index (κ2) is 4.89. The largest absolute Gasteiger partial charge is 0.384 e. The zero-order valence-electron chi connectivity index (χ0n) is 8.77. The standard InChI is InChI=1S/C11H14FNO2/c1-8(14)11(15)13(2)7-9-5-3-4-6-10(9)12/h3-6,8,14H,7H2,1-2H3. The van der Waals surface area contributed by atoms with Gasteiger partial charge in [0.15, 0.2) is 0 Å². The van der Waals surface area contributed by atoms with E-state index in [0.29, 0.717) is 5.56 Å². The summed E-state index contributed by atoms with van der Waals surface area (Å²) in [4.78, 5) is 12.6. The van der Waals surface area contributed by atoms with Gasteiger partial charge in [-0.25, -0.2) is 4.39 Å². The molecule has 0 saturated heterocycles. The van der Waals surface area contributed by atoms with Crippen molar-refractivity contribution in [2.45, 2.75) is 19.6 Å². The van der Waals surface area contributed by atoms with Gasteiger partial charge in [0.05, 0.1) is 0 Å². The van der Waals surface area contributed by atoms with Crippen LogP contribution in [0.4, 0.5) is 4.39 Å². The van der Waals surface area contributed by atoms with E-state index in [4.69, 9.17) is 5.11 Å². The molecule has 1 amide bonds. The molecule has 0 aromatic heterocycles. The molecule has 0 spiro atoms. The van der Waals surface area contributed by atoms with Crippen molar-refractivity contribution in [2.24, 2.45) is 0 Å². The van der Waals surface area contributed by atoms with Gasteiger partial charge in [0.2, 0.25) is 0 Å². The van der Waals surface area contributed by atoms with E-state index in [2.05, 4.69) is 0 Å². The fourth-order valence-electron chi connectivity index (χ4n) is 1.28. The minimum absolute atomic E-state index is 0.163. The number of amides is 1. The molecular formula is C11H14FNO2. The monoisotopic (exact) mass is 211 g/mol. The van der Waals surface area contributed by atoms with Crippen molar-refractivity contribution in [3.63, 3.8) is 0 Å². The first kappa shape index (κ1) is 11.7. The number of carbonyl (C=O) groups excluding carboxylic acids is 1. The highest BCUT2D eigenvalue weighted by Crippen LogP contribution is 2.09. The van der Waals surface area contributed by atoms with Crippen LogP contribution in [0.1, 0.15) is 12.5 Å². The first-order valence-electron chi connectivity index (χ1n) is 4.69. The van der Waals surface area contributed by atoms with E-state index in [-0.39, 0.29) is 12.4 Å². The summed E-state index contributed by atoms with van der Waals surface area (Å²) in [5, 5.41) is 9.05. The predicted molar refractivity (Wildman–Crippen MR) is 54.6 cm³/mol. The lowest BCUT2D eigenvalue weighted by atomic mass is 10.2. The molecule has 1 unspecified atom stereocenters. The van der Waals surface area contributed by atoms with E-state index in [1.54, 1.807) is 18.2 Å². The average molecular weight is 211 g/mol. The van der Waals surface area contributed by atoms with Crippen molar-refractivity contribution in [3.05, 3.63) is 35.6 Å². The molecule has 0 radical (unpaired) electrons. The topological polar surface area (TPSA) is 40.5 Å². The Kier molecular flexibility index (Phi) is 3.80. The number of benzene rings is 1. The lowest BCUT2D eigenvalue weighted by molar-refractivity contribution is -0.138. The molecule has 0 bridgehead atoms. The SMILES string of the molecule is CC(O)C(=O)N(C)Cc1ccccc1F. The van der Waals surface area contributed by atoms with E-state index in [1.807, 2.05) is 0 Å². The normalized spacial score (nSPS) is 12.3. The Morgan fingerprint density at radius 1 is 1.53 bits per heavy atom. The van der Waals surface area contributed by atoms with Gasteiger partial charge in [-0.3, -0.25) is 4.79 Å². The van der Waals surface area contributed by atoms with E-state index < -0.39 is 12.0 Å². The Hall–Kier alpha value is -1.42. The molecule has 82 valence electrons. The van der Waals surface area contributed by atoms with Gasteiger partial charge in [-0.15, -0.1) is 0 Å². The number of hydrogen-bond donors (Lipinski definition) is 1. The summed E-state index contributed by atoms with van der Waals surface area (Å²) >= 11 is 0. The van der Waals surface area contributed by atoms with E-state index in [0.717, 1.165) is 0 Å². The third kappa shape index (κ3) is 3.02. The van der Waals surface area contributed by atoms with E-state index in [9.17, 15) is 9.18 Å². The van der Waals surface area contributed by atoms with E-state index >= 15 is 0 Å². The van der Waals surface area contributed by atoms with Crippen molar-refractivity contribution >= 4 is 5.91 Å². The molecule has 0 saturated carbocycles. The Labute approximate surface area is 88.1 Å². The molecular weight excluding hydrogens is 197 g/mol. The molecule has 0 heterocycles. The highest BCUT2D eigenvalue weighted by molar-refractivity contribution is 5.79. The molecule has 1 N–H and O–H groups in total. The van der Waals surface area contributed by atoms with Crippen LogP contribution in [0.25, 0.3) is 0 Å². The molecule has 3 nitrogen and oxygen atoms in total. The lowest BCUT2D eigenvalue weighted by Gasteiger charge is -2.18. The van der Waals surface area contributed by atoms with Crippen LogP contribution in [0.2, 0.25) is 0 Å². The maximum atomic E-state index is 13.2. The molecule has 0 aliphatic carbocycles. The van der Waals surface area contributed by atoms with Crippen molar-refractivity contribution in [1.82, 2.24) is 4.90 Å². The summed E-state index contributed by atoms with van der Waals surface area (Å²) in [6, 6.07) is 6.26. The Balaban J connectivity index is 2.71. The molecule has 1 atom stereocenters. The summed E-state index contributed by atoms with van der Waals surface area (Å²) in [5.41, 5.74) is 0.439. The Morgan fingerprint density at radius 3 is 2.67 bits per heavy atom. The quantitative estimate of drug-likeness (QED) is 0.815. The number of aliphatic hydroxyl groups is 1. The van der Waals surface area contributed by atoms with Gasteiger partial charge in [-0.2, -0.15) is 0 Å². The molecule has 1 aromatic carbocycles. The van der Waals surface area contributed by atoms with Gasteiger partial charge < -0.3 is 10.0 Å². The summed E-state index contributed by atoms with van der Waals surface area (Å²) in [6.07, 6.45) is -1.05. The number of aliphatic hydroxyl groups excluding tert-OH is 1. The highest BCUT2D eigenvalue weighted by Gasteiger charge is 2.15. The molecule has 0 fully saturated rings. The van der Waals surface area contributed by atoms with Crippen LogP contribution >= 0.6 is 0 Å². The van der Waals surface area contributed by atoms with Crippen LogP contribution in [-0.4, -0.2) is 29.1 Å². The molecule has 15 heavy (non-hydrogen) atoms. The van der Waals surface area contributed by atoms with Crippen molar-refractivity contribution < 1.29 is 14.3 Å². The lowest BCUT2D eigenvalue weighted by Crippen LogP contribution is -2.34. The first-order valence-corrected chi connectivity index (χ1v) is 4.69. The summed E-state index contributed by atoms with van der Waals surface area (Å²) < 4.78 is 13.2. The second-order valence-electron chi connectivity index (χ2n) is 3.46. The number of likely N-dealkylation sites (N-methyl/N-ethyl adjacent to an activating group) is 1. The van der Waals surface area contributed by atoms with Crippen LogP contribution < -0.4 is 0 Å². The van der Waals surface area contributed by atoms with Crippen LogP contribution in [0, 0.1) is 5.82 Å². The molecule has 1 rings (SSSR count). The summed E-state index contributed by atoms with van der Waals surface area (Å²) in [7, 11) is 1.53. The fraction of sp³-hybridized carbons (Fsp3) is 0.364. The highest BCUT2D eigenvalue weighted by atomic mass is 19.1. The molecule has 1 aromatic rings. The van der Waals surface area contributed by atoms with Crippen molar-refractivity contribution in [1.29, 1.82) is 0 Å². The molecule has 0 aliphatic rings. The zero-order valence-corrected chi connectivity index (χ0v) is 8.77. The second-order valence-corrected chi connectivity index (χ2v) is 3.46. The van der Waals surface area contributed by atoms with Crippen molar-refractivity contribution in [3.8, 4) is 0 Å². The molecule has 0 aliphatic heterocycles. The van der Waals surface area contributed by atoms with Gasteiger partial charge in [0.1, 0.15) is 11.9 Å². The maximum absolute atomic E-state index is 13.2. The fourth-order valence-corrected chi connectivity index (χ4v) is 1.28. The van der Waals surface area contributed by atoms with Gasteiger partial charge in [-0.1, -0.05) is 18.2 Å². The van der Waals surface area contributed by atoms with Gasteiger partial charge >= 0.3 is 0 Å². The van der Waals surface area contributed by atoms with Gasteiger partial charge in [0.25, 0.3) is 5.91 Å². The van der Waals surface area contributed by atoms with Crippen LogP contribution in [-0.2, 0) is 11.3 Å². The molecule has 4 heteroatoms. The minimum Gasteiger partial charge on any atom is -0.384 e. The van der Waals surface area contributed by atoms with Gasteiger partial charge in [-0.05, 0) is 13.0 Å². The van der Waals surface area contributed by atoms with Crippen molar-refractivity contribution in [2.75, 3.05) is 7.05 Å². The Bertz CT molecular complexity index is 352. The number of nitrogens with zero attached hydrogens (tertiary/aromatic N) is 1. The summed E-state index contributed by atoms with van der Waals surface area (Å²) in [6.45, 7) is 1.55. The minimum atomic E-state index is -1.05. The smallest absolute Gasteiger partial charge is 0.251 e. The third-order valence-corrected chi connectivity index (χ3v) is 2.10.